The Kier molecular flexibility index (Phi) is 3.56. The number of nitrogen functional groups attached to an aromatic ring is 1. The van der Waals surface area contributed by atoms with E-state index in [0.717, 1.165) is 18.5 Å². The predicted octanol–water partition coefficient (Wildman–Crippen LogP) is 2.28. The van der Waals surface area contributed by atoms with Gasteiger partial charge in [0.25, 0.3) is 5.91 Å². The molecular weight excluding hydrogens is 240 g/mol. The standard InChI is InChI=1S/C14H24N4O/c1-8(14(2,3)4)7-16-13(19)12-10(15)11(17-18-12)9-5-6-9/h8-9H,5-7,15H2,1-4H3,(H,16,19)(H,17,18). The first-order valence-electron chi connectivity index (χ1n) is 6.92. The van der Waals surface area contributed by atoms with E-state index in [4.69, 9.17) is 5.73 Å². The number of anilines is 1. The van der Waals surface area contributed by atoms with E-state index in [1.807, 2.05) is 0 Å². The first kappa shape index (κ1) is 13.9. The number of rotatable bonds is 4. The molecule has 106 valence electrons. The third-order valence-electron chi connectivity index (χ3n) is 4.08. The van der Waals surface area contributed by atoms with Gasteiger partial charge in [-0.2, -0.15) is 5.10 Å². The fraction of sp³-hybridized carbons (Fsp3) is 0.714. The van der Waals surface area contributed by atoms with Crippen LogP contribution < -0.4 is 11.1 Å². The summed E-state index contributed by atoms with van der Waals surface area (Å²) in [4.78, 5) is 12.1. The van der Waals surface area contributed by atoms with E-state index in [1.54, 1.807) is 0 Å². The number of nitrogens with zero attached hydrogens (tertiary/aromatic N) is 1. The summed E-state index contributed by atoms with van der Waals surface area (Å²) in [6, 6.07) is 0. The number of nitrogens with one attached hydrogen (secondary N) is 2. The summed E-state index contributed by atoms with van der Waals surface area (Å²) in [5.74, 6) is 0.679. The molecule has 1 aliphatic carbocycles. The fourth-order valence-corrected chi connectivity index (χ4v) is 1.86. The summed E-state index contributed by atoms with van der Waals surface area (Å²) in [5, 5.41) is 9.87. The first-order chi connectivity index (χ1) is 8.80. The molecule has 1 heterocycles. The van der Waals surface area contributed by atoms with E-state index in [1.165, 1.54) is 0 Å². The van der Waals surface area contributed by atoms with Crippen molar-refractivity contribution < 1.29 is 4.79 Å². The summed E-state index contributed by atoms with van der Waals surface area (Å²) in [6.45, 7) is 9.25. The highest BCUT2D eigenvalue weighted by molar-refractivity contribution is 5.97. The van der Waals surface area contributed by atoms with E-state index in [0.29, 0.717) is 29.8 Å². The number of carbonyl (C=O) groups excluding carboxylic acids is 1. The van der Waals surface area contributed by atoms with Gasteiger partial charge >= 0.3 is 0 Å². The molecule has 1 atom stereocenters. The van der Waals surface area contributed by atoms with E-state index in [9.17, 15) is 4.79 Å². The van der Waals surface area contributed by atoms with Crippen molar-refractivity contribution in [3.8, 4) is 0 Å². The number of aromatic amines is 1. The summed E-state index contributed by atoms with van der Waals surface area (Å²) in [6.07, 6.45) is 2.27. The van der Waals surface area contributed by atoms with Crippen molar-refractivity contribution in [1.29, 1.82) is 0 Å². The van der Waals surface area contributed by atoms with E-state index in [-0.39, 0.29) is 11.3 Å². The smallest absolute Gasteiger partial charge is 0.273 e. The molecule has 0 saturated heterocycles. The van der Waals surface area contributed by atoms with Crippen molar-refractivity contribution in [2.75, 3.05) is 12.3 Å². The average Bonchev–Trinajstić information content (AvgIpc) is 3.08. The van der Waals surface area contributed by atoms with Crippen molar-refractivity contribution in [1.82, 2.24) is 15.5 Å². The van der Waals surface area contributed by atoms with Crippen molar-refractivity contribution in [3.05, 3.63) is 11.4 Å². The number of carbonyl (C=O) groups is 1. The fourth-order valence-electron chi connectivity index (χ4n) is 1.86. The minimum atomic E-state index is -0.184. The largest absolute Gasteiger partial charge is 0.395 e. The molecule has 1 fully saturated rings. The zero-order chi connectivity index (χ0) is 14.2. The van der Waals surface area contributed by atoms with Crippen molar-refractivity contribution >= 4 is 11.6 Å². The van der Waals surface area contributed by atoms with Crippen LogP contribution in [-0.2, 0) is 0 Å². The Hall–Kier alpha value is -1.52. The second-order valence-electron chi connectivity index (χ2n) is 6.65. The second kappa shape index (κ2) is 4.87. The van der Waals surface area contributed by atoms with Crippen LogP contribution in [0.15, 0.2) is 0 Å². The van der Waals surface area contributed by atoms with Crippen LogP contribution in [0.3, 0.4) is 0 Å². The molecule has 1 saturated carbocycles. The van der Waals surface area contributed by atoms with Gasteiger partial charge in [-0.15, -0.1) is 0 Å². The monoisotopic (exact) mass is 264 g/mol. The van der Waals surface area contributed by atoms with Crippen LogP contribution in [0.2, 0.25) is 0 Å². The van der Waals surface area contributed by atoms with Crippen LogP contribution in [0.25, 0.3) is 0 Å². The van der Waals surface area contributed by atoms with Gasteiger partial charge in [-0.3, -0.25) is 9.89 Å². The Bertz CT molecular complexity index is 468. The number of H-pyrrole nitrogens is 1. The van der Waals surface area contributed by atoms with E-state index >= 15 is 0 Å². The Labute approximate surface area is 114 Å². The van der Waals surface area contributed by atoms with Gasteiger partial charge < -0.3 is 11.1 Å². The van der Waals surface area contributed by atoms with Gasteiger partial charge in [-0.25, -0.2) is 0 Å². The minimum Gasteiger partial charge on any atom is -0.395 e. The minimum absolute atomic E-state index is 0.170. The van der Waals surface area contributed by atoms with E-state index in [2.05, 4.69) is 43.2 Å². The molecule has 0 spiro atoms. The van der Waals surface area contributed by atoms with Gasteiger partial charge in [-0.1, -0.05) is 27.7 Å². The number of nitrogens with two attached hydrogens (primary N) is 1. The lowest BCUT2D eigenvalue weighted by atomic mass is 9.82. The SMILES string of the molecule is CC(CNC(=O)c1n[nH]c(C2CC2)c1N)C(C)(C)C. The molecule has 1 aromatic rings. The molecule has 4 N–H and O–H groups in total. The average molecular weight is 264 g/mol. The maximum absolute atomic E-state index is 12.1. The predicted molar refractivity (Wildman–Crippen MR) is 75.9 cm³/mol. The van der Waals surface area contributed by atoms with Crippen LogP contribution in [0.1, 0.15) is 62.6 Å². The molecule has 1 unspecified atom stereocenters. The first-order valence-corrected chi connectivity index (χ1v) is 6.92. The van der Waals surface area contributed by atoms with Gasteiger partial charge in [0.2, 0.25) is 0 Å². The van der Waals surface area contributed by atoms with Crippen LogP contribution in [-0.4, -0.2) is 22.6 Å². The molecule has 0 aromatic carbocycles. The number of aromatic nitrogens is 2. The Morgan fingerprint density at radius 3 is 2.68 bits per heavy atom. The summed E-state index contributed by atoms with van der Waals surface area (Å²) >= 11 is 0. The van der Waals surface area contributed by atoms with Gasteiger partial charge in [0, 0.05) is 12.5 Å². The highest BCUT2D eigenvalue weighted by atomic mass is 16.1. The topological polar surface area (TPSA) is 83.8 Å². The molecule has 0 radical (unpaired) electrons. The molecule has 1 amide bonds. The maximum Gasteiger partial charge on any atom is 0.273 e. The third kappa shape index (κ3) is 3.08. The Morgan fingerprint density at radius 1 is 1.53 bits per heavy atom. The molecule has 1 aliphatic rings. The number of hydrogen-bond donors (Lipinski definition) is 3. The Balaban J connectivity index is 1.97. The van der Waals surface area contributed by atoms with Gasteiger partial charge in [0.05, 0.1) is 11.4 Å². The van der Waals surface area contributed by atoms with Crippen LogP contribution in [0, 0.1) is 11.3 Å². The lowest BCUT2D eigenvalue weighted by molar-refractivity contribution is 0.0933. The van der Waals surface area contributed by atoms with Crippen molar-refractivity contribution in [3.63, 3.8) is 0 Å². The molecule has 0 bridgehead atoms. The number of hydrogen-bond acceptors (Lipinski definition) is 3. The van der Waals surface area contributed by atoms with Gasteiger partial charge in [-0.05, 0) is 24.2 Å². The molecule has 2 rings (SSSR count). The molecule has 0 aliphatic heterocycles. The van der Waals surface area contributed by atoms with Crippen molar-refractivity contribution in [2.45, 2.75) is 46.5 Å². The molecule has 19 heavy (non-hydrogen) atoms. The van der Waals surface area contributed by atoms with Crippen LogP contribution in [0.5, 0.6) is 0 Å². The Morgan fingerprint density at radius 2 is 2.16 bits per heavy atom. The van der Waals surface area contributed by atoms with E-state index < -0.39 is 0 Å². The van der Waals surface area contributed by atoms with Crippen molar-refractivity contribution in [2.24, 2.45) is 11.3 Å². The summed E-state index contributed by atoms with van der Waals surface area (Å²) in [7, 11) is 0. The van der Waals surface area contributed by atoms with Crippen LogP contribution >= 0.6 is 0 Å². The molecule has 5 heteroatoms. The molecular formula is C14H24N4O. The molecule has 1 aromatic heterocycles. The normalized spacial score (nSPS) is 17.3. The quantitative estimate of drug-likeness (QED) is 0.780. The third-order valence-corrected chi connectivity index (χ3v) is 4.08. The highest BCUT2D eigenvalue weighted by Crippen LogP contribution is 2.42. The second-order valence-corrected chi connectivity index (χ2v) is 6.65. The zero-order valence-corrected chi connectivity index (χ0v) is 12.2. The summed E-state index contributed by atoms with van der Waals surface area (Å²) in [5.41, 5.74) is 7.93. The number of amides is 1. The lowest BCUT2D eigenvalue weighted by Gasteiger charge is -2.27. The summed E-state index contributed by atoms with van der Waals surface area (Å²) < 4.78 is 0. The van der Waals surface area contributed by atoms with Gasteiger partial charge in [0.1, 0.15) is 0 Å². The maximum atomic E-state index is 12.1. The highest BCUT2D eigenvalue weighted by Gasteiger charge is 2.30. The molecule has 5 nitrogen and oxygen atoms in total. The van der Waals surface area contributed by atoms with Gasteiger partial charge in [0.15, 0.2) is 5.69 Å². The lowest BCUT2D eigenvalue weighted by Crippen LogP contribution is -2.34. The zero-order valence-electron chi connectivity index (χ0n) is 12.2. The van der Waals surface area contributed by atoms with Crippen LogP contribution in [0.4, 0.5) is 5.69 Å².